The molecule has 1 aliphatic heterocycles. The second-order valence-corrected chi connectivity index (χ2v) is 6.93. The van der Waals surface area contributed by atoms with Gasteiger partial charge in [-0.3, -0.25) is 4.79 Å². The number of hydrogen-bond acceptors (Lipinski definition) is 4. The van der Waals surface area contributed by atoms with Gasteiger partial charge in [0, 0.05) is 35.4 Å². The summed E-state index contributed by atoms with van der Waals surface area (Å²) in [7, 11) is 3.28. The Morgan fingerprint density at radius 3 is 2.38 bits per heavy atom. The molecular weight excluding hydrogens is 326 g/mol. The summed E-state index contributed by atoms with van der Waals surface area (Å²) >= 11 is 0. The highest BCUT2D eigenvalue weighted by Crippen LogP contribution is 2.48. The minimum Gasteiger partial charge on any atom is -0.493 e. The van der Waals surface area contributed by atoms with Crippen LogP contribution in [0, 0.1) is 6.92 Å². The highest BCUT2D eigenvalue weighted by Gasteiger charge is 2.35. The van der Waals surface area contributed by atoms with Gasteiger partial charge in [0.15, 0.2) is 17.3 Å². The van der Waals surface area contributed by atoms with Crippen LogP contribution in [-0.2, 0) is 4.79 Å². The summed E-state index contributed by atoms with van der Waals surface area (Å²) in [4.78, 5) is 12.8. The monoisotopic (exact) mass is 349 g/mol. The van der Waals surface area contributed by atoms with E-state index in [0.29, 0.717) is 17.9 Å². The van der Waals surface area contributed by atoms with Crippen molar-refractivity contribution in [2.75, 3.05) is 19.5 Å². The number of allylic oxidation sites excluding steroid dienone is 2. The Hall–Kier alpha value is -2.75. The normalized spacial score (nSPS) is 18.7. The summed E-state index contributed by atoms with van der Waals surface area (Å²) in [6.07, 6.45) is 2.41. The van der Waals surface area contributed by atoms with Gasteiger partial charge in [-0.1, -0.05) is 29.8 Å². The standard InChI is InChI=1S/C22H23NO3/c1-13-7-9-14(10-8-13)21-15-11-19(25-2)20(26-3)12-17(15)23-16-5-4-6-18(24)22(16)21/h7-12,21,23H,4-6H2,1-3H3/t21-/m1/s1. The Bertz CT molecular complexity index is 896. The molecular formula is C22H23NO3. The quantitative estimate of drug-likeness (QED) is 0.881. The van der Waals surface area contributed by atoms with Crippen LogP contribution in [0.1, 0.15) is 41.9 Å². The number of benzene rings is 2. The van der Waals surface area contributed by atoms with Crippen LogP contribution in [0.5, 0.6) is 11.5 Å². The summed E-state index contributed by atoms with van der Waals surface area (Å²) in [5, 5.41) is 3.49. The van der Waals surface area contributed by atoms with Crippen LogP contribution < -0.4 is 14.8 Å². The first-order valence-corrected chi connectivity index (χ1v) is 8.98. The summed E-state index contributed by atoms with van der Waals surface area (Å²) in [5.41, 5.74) is 6.33. The Balaban J connectivity index is 1.94. The van der Waals surface area contributed by atoms with E-state index in [4.69, 9.17) is 9.47 Å². The molecule has 0 saturated heterocycles. The van der Waals surface area contributed by atoms with Gasteiger partial charge in [-0.15, -0.1) is 0 Å². The molecule has 0 radical (unpaired) electrons. The SMILES string of the molecule is COc1cc2c(cc1OC)[C@@H](c1ccc(C)cc1)C1=C(CCCC1=O)N2. The zero-order chi connectivity index (χ0) is 18.3. The van der Waals surface area contributed by atoms with Crippen molar-refractivity contribution < 1.29 is 14.3 Å². The van der Waals surface area contributed by atoms with Crippen LogP contribution in [0.25, 0.3) is 0 Å². The van der Waals surface area contributed by atoms with E-state index in [1.54, 1.807) is 14.2 Å². The Morgan fingerprint density at radius 2 is 1.69 bits per heavy atom. The number of nitrogens with one attached hydrogen (secondary N) is 1. The van der Waals surface area contributed by atoms with E-state index in [9.17, 15) is 4.79 Å². The maximum absolute atomic E-state index is 12.8. The molecule has 0 fully saturated rings. The number of hydrogen-bond donors (Lipinski definition) is 1. The maximum Gasteiger partial charge on any atom is 0.162 e. The molecule has 1 N–H and O–H groups in total. The van der Waals surface area contributed by atoms with E-state index >= 15 is 0 Å². The summed E-state index contributed by atoms with van der Waals surface area (Å²) < 4.78 is 11.0. The third-order valence-corrected chi connectivity index (χ3v) is 5.31. The van der Waals surface area contributed by atoms with Gasteiger partial charge < -0.3 is 14.8 Å². The second kappa shape index (κ2) is 6.52. The number of ketones is 1. The fraction of sp³-hybridized carbons (Fsp3) is 0.318. The van der Waals surface area contributed by atoms with Crippen LogP contribution in [0.4, 0.5) is 5.69 Å². The molecule has 2 aliphatic rings. The molecule has 4 heteroatoms. The molecule has 1 heterocycles. The summed E-state index contributed by atoms with van der Waals surface area (Å²) in [6, 6.07) is 12.4. The first-order chi connectivity index (χ1) is 12.6. The lowest BCUT2D eigenvalue weighted by Crippen LogP contribution is -2.27. The molecule has 4 rings (SSSR count). The minimum absolute atomic E-state index is 0.0746. The topological polar surface area (TPSA) is 47.6 Å². The average molecular weight is 349 g/mol. The third-order valence-electron chi connectivity index (χ3n) is 5.31. The summed E-state index contributed by atoms with van der Waals surface area (Å²) in [5.74, 6) is 1.53. The van der Waals surface area contributed by atoms with Gasteiger partial charge in [0.25, 0.3) is 0 Å². The largest absolute Gasteiger partial charge is 0.493 e. The van der Waals surface area contributed by atoms with Crippen molar-refractivity contribution in [1.29, 1.82) is 0 Å². The van der Waals surface area contributed by atoms with Crippen LogP contribution in [0.15, 0.2) is 47.7 Å². The van der Waals surface area contributed by atoms with Gasteiger partial charge in [0.1, 0.15) is 0 Å². The van der Waals surface area contributed by atoms with Crippen molar-refractivity contribution in [1.82, 2.24) is 0 Å². The molecule has 0 saturated carbocycles. The third kappa shape index (κ3) is 2.66. The lowest BCUT2D eigenvalue weighted by atomic mass is 9.75. The molecule has 2 aromatic carbocycles. The molecule has 0 aromatic heterocycles. The van der Waals surface area contributed by atoms with Gasteiger partial charge in [0.05, 0.1) is 14.2 Å². The number of ether oxygens (including phenoxy) is 2. The molecule has 2 aromatic rings. The lowest BCUT2D eigenvalue weighted by molar-refractivity contribution is -0.116. The van der Waals surface area contributed by atoms with Crippen molar-refractivity contribution >= 4 is 11.5 Å². The Labute approximate surface area is 153 Å². The van der Waals surface area contributed by atoms with Crippen LogP contribution >= 0.6 is 0 Å². The summed E-state index contributed by atoms with van der Waals surface area (Å²) in [6.45, 7) is 2.07. The van der Waals surface area contributed by atoms with Gasteiger partial charge in [0.2, 0.25) is 0 Å². The fourth-order valence-corrected chi connectivity index (χ4v) is 3.99. The molecule has 134 valence electrons. The predicted molar refractivity (Wildman–Crippen MR) is 102 cm³/mol. The molecule has 26 heavy (non-hydrogen) atoms. The van der Waals surface area contributed by atoms with E-state index in [0.717, 1.165) is 40.9 Å². The predicted octanol–water partition coefficient (Wildman–Crippen LogP) is 4.58. The average Bonchev–Trinajstić information content (AvgIpc) is 2.66. The number of carbonyl (C=O) groups excluding carboxylic acids is 1. The number of Topliss-reactive ketones (excluding diaryl/α,β-unsaturated/α-hetero) is 1. The molecule has 4 nitrogen and oxygen atoms in total. The molecule has 0 bridgehead atoms. The van der Waals surface area contributed by atoms with Crippen molar-refractivity contribution in [3.05, 3.63) is 64.4 Å². The molecule has 1 aliphatic carbocycles. The van der Waals surface area contributed by atoms with Crippen molar-refractivity contribution in [3.63, 3.8) is 0 Å². The number of anilines is 1. The first-order valence-electron chi connectivity index (χ1n) is 8.98. The van der Waals surface area contributed by atoms with E-state index in [1.165, 1.54) is 5.56 Å². The van der Waals surface area contributed by atoms with Crippen LogP contribution in [0.3, 0.4) is 0 Å². The van der Waals surface area contributed by atoms with E-state index < -0.39 is 0 Å². The number of carbonyl (C=O) groups is 1. The Morgan fingerprint density at radius 1 is 1.00 bits per heavy atom. The zero-order valence-corrected chi connectivity index (χ0v) is 15.4. The van der Waals surface area contributed by atoms with Crippen molar-refractivity contribution in [3.8, 4) is 11.5 Å². The molecule has 0 unspecified atom stereocenters. The lowest BCUT2D eigenvalue weighted by Gasteiger charge is -2.34. The second-order valence-electron chi connectivity index (χ2n) is 6.93. The van der Waals surface area contributed by atoms with E-state index in [1.807, 2.05) is 12.1 Å². The maximum atomic E-state index is 12.8. The van der Waals surface area contributed by atoms with E-state index in [-0.39, 0.29) is 11.7 Å². The number of fused-ring (bicyclic) bond motifs is 1. The fourth-order valence-electron chi connectivity index (χ4n) is 3.99. The minimum atomic E-state index is -0.0746. The smallest absolute Gasteiger partial charge is 0.162 e. The molecule has 0 amide bonds. The van der Waals surface area contributed by atoms with Crippen molar-refractivity contribution in [2.45, 2.75) is 32.1 Å². The van der Waals surface area contributed by atoms with E-state index in [2.05, 4.69) is 36.5 Å². The highest BCUT2D eigenvalue weighted by atomic mass is 16.5. The number of methoxy groups -OCH3 is 2. The van der Waals surface area contributed by atoms with Gasteiger partial charge in [-0.25, -0.2) is 0 Å². The zero-order valence-electron chi connectivity index (χ0n) is 15.4. The van der Waals surface area contributed by atoms with Gasteiger partial charge in [-0.2, -0.15) is 0 Å². The number of rotatable bonds is 3. The Kier molecular flexibility index (Phi) is 4.19. The van der Waals surface area contributed by atoms with Crippen molar-refractivity contribution in [2.24, 2.45) is 0 Å². The first kappa shape index (κ1) is 16.7. The van der Waals surface area contributed by atoms with Crippen LogP contribution in [-0.4, -0.2) is 20.0 Å². The van der Waals surface area contributed by atoms with Gasteiger partial charge in [-0.05, 0) is 37.0 Å². The molecule has 1 atom stereocenters. The number of aryl methyl sites for hydroxylation is 1. The van der Waals surface area contributed by atoms with Crippen LogP contribution in [0.2, 0.25) is 0 Å². The molecule has 0 spiro atoms. The van der Waals surface area contributed by atoms with Gasteiger partial charge >= 0.3 is 0 Å². The highest BCUT2D eigenvalue weighted by molar-refractivity contribution is 6.01.